The van der Waals surface area contributed by atoms with E-state index in [0.29, 0.717) is 13.2 Å². The van der Waals surface area contributed by atoms with E-state index in [9.17, 15) is 10.5 Å². The van der Waals surface area contributed by atoms with Gasteiger partial charge in [0.2, 0.25) is 0 Å². The molecular formula is C20H24N4O2. The molecule has 1 aliphatic heterocycles. The van der Waals surface area contributed by atoms with Gasteiger partial charge in [-0.1, -0.05) is 43.7 Å². The summed E-state index contributed by atoms with van der Waals surface area (Å²) >= 11 is 0. The number of nitrogens with zero attached hydrogens (tertiary/aromatic N) is 3. The number of aryl methyl sites for hydroxylation is 1. The zero-order chi connectivity index (χ0) is 19.0. The van der Waals surface area contributed by atoms with Crippen LogP contribution in [0.2, 0.25) is 0 Å². The standard InChI is InChI=1S/C20H24N4O2/c1-4-9-25-20(26-10-5-2)19(13-22)16(15-8-6-7-14(3)11-15)18(19,12-21)17(23)24-20/h6-8,11,16H,4-5,9-10H2,1-3H3,(H2,23,24). The molecule has 1 aromatic rings. The highest BCUT2D eigenvalue weighted by Gasteiger charge is 2.93. The molecule has 1 aliphatic carbocycles. The Bertz CT molecular complexity index is 814. The highest BCUT2D eigenvalue weighted by Crippen LogP contribution is 2.82. The van der Waals surface area contributed by atoms with E-state index >= 15 is 0 Å². The molecule has 0 aromatic heterocycles. The topological polar surface area (TPSA) is 104 Å². The van der Waals surface area contributed by atoms with Crippen molar-refractivity contribution in [3.05, 3.63) is 35.4 Å². The summed E-state index contributed by atoms with van der Waals surface area (Å²) in [5.74, 6) is -1.85. The smallest absolute Gasteiger partial charge is 0.293 e. The van der Waals surface area contributed by atoms with Crippen molar-refractivity contribution in [1.82, 2.24) is 0 Å². The Morgan fingerprint density at radius 3 is 2.31 bits per heavy atom. The van der Waals surface area contributed by atoms with Crippen LogP contribution in [0.3, 0.4) is 0 Å². The van der Waals surface area contributed by atoms with Gasteiger partial charge in [-0.15, -0.1) is 0 Å². The molecule has 0 radical (unpaired) electrons. The number of rotatable bonds is 7. The maximum Gasteiger partial charge on any atom is 0.293 e. The van der Waals surface area contributed by atoms with Gasteiger partial charge in [0.15, 0.2) is 5.41 Å². The van der Waals surface area contributed by atoms with Crippen molar-refractivity contribution in [3.8, 4) is 12.1 Å². The SMILES string of the molecule is CCCOC1(OCCC)N=C(N)C2(C#N)C(c3cccc(C)c3)C12C#N. The second-order valence-corrected chi connectivity index (χ2v) is 6.96. The Balaban J connectivity index is 2.17. The molecular weight excluding hydrogens is 328 g/mol. The van der Waals surface area contributed by atoms with E-state index in [1.54, 1.807) is 0 Å². The summed E-state index contributed by atoms with van der Waals surface area (Å²) in [6, 6.07) is 12.4. The molecule has 1 fully saturated rings. The maximum atomic E-state index is 10.2. The van der Waals surface area contributed by atoms with E-state index in [0.717, 1.165) is 24.0 Å². The highest BCUT2D eigenvalue weighted by atomic mass is 16.7. The largest absolute Gasteiger partial charge is 0.386 e. The van der Waals surface area contributed by atoms with Gasteiger partial charge >= 0.3 is 0 Å². The van der Waals surface area contributed by atoms with Crippen molar-refractivity contribution in [3.63, 3.8) is 0 Å². The second-order valence-electron chi connectivity index (χ2n) is 6.96. The number of nitriles is 2. The van der Waals surface area contributed by atoms with E-state index in [1.807, 2.05) is 45.0 Å². The molecule has 2 N–H and O–H groups in total. The van der Waals surface area contributed by atoms with Gasteiger partial charge < -0.3 is 15.2 Å². The first kappa shape index (κ1) is 18.4. The van der Waals surface area contributed by atoms with Crippen LogP contribution >= 0.6 is 0 Å². The average molecular weight is 352 g/mol. The van der Waals surface area contributed by atoms with Gasteiger partial charge in [-0.2, -0.15) is 10.5 Å². The zero-order valence-corrected chi connectivity index (χ0v) is 15.5. The third-order valence-electron chi connectivity index (χ3n) is 5.31. The molecule has 1 heterocycles. The molecule has 3 atom stereocenters. The summed E-state index contributed by atoms with van der Waals surface area (Å²) in [4.78, 5) is 4.41. The van der Waals surface area contributed by atoms with E-state index in [1.165, 1.54) is 0 Å². The number of hydrogen-bond acceptors (Lipinski definition) is 6. The number of ether oxygens (including phenoxy) is 2. The van der Waals surface area contributed by atoms with Gasteiger partial charge in [-0.25, -0.2) is 4.99 Å². The maximum absolute atomic E-state index is 10.2. The molecule has 6 nitrogen and oxygen atoms in total. The normalized spacial score (nSPS) is 30.8. The minimum absolute atomic E-state index is 0.125. The van der Waals surface area contributed by atoms with Crippen LogP contribution in [0.1, 0.15) is 43.7 Å². The van der Waals surface area contributed by atoms with Crippen LogP contribution in [0.25, 0.3) is 0 Å². The summed E-state index contributed by atoms with van der Waals surface area (Å²) in [6.45, 7) is 6.65. The molecule has 3 rings (SSSR count). The summed E-state index contributed by atoms with van der Waals surface area (Å²) < 4.78 is 12.0. The minimum Gasteiger partial charge on any atom is -0.386 e. The number of aliphatic imine (C=N–C) groups is 1. The van der Waals surface area contributed by atoms with Gasteiger partial charge in [0.05, 0.1) is 25.4 Å². The molecule has 0 amide bonds. The Labute approximate surface area is 154 Å². The predicted octanol–water partition coefficient (Wildman–Crippen LogP) is 2.99. The third kappa shape index (κ3) is 2.06. The van der Waals surface area contributed by atoms with Crippen molar-refractivity contribution in [1.29, 1.82) is 10.5 Å². The zero-order valence-electron chi connectivity index (χ0n) is 15.5. The van der Waals surface area contributed by atoms with E-state index in [4.69, 9.17) is 15.2 Å². The van der Waals surface area contributed by atoms with Gasteiger partial charge in [0.25, 0.3) is 5.91 Å². The molecule has 0 bridgehead atoms. The summed E-state index contributed by atoms with van der Waals surface area (Å²) in [7, 11) is 0. The Morgan fingerprint density at radius 1 is 1.15 bits per heavy atom. The summed E-state index contributed by atoms with van der Waals surface area (Å²) in [5, 5.41) is 20.3. The monoisotopic (exact) mass is 352 g/mol. The fourth-order valence-electron chi connectivity index (χ4n) is 4.19. The van der Waals surface area contributed by atoms with Crippen LogP contribution in [-0.4, -0.2) is 25.0 Å². The lowest BCUT2D eigenvalue weighted by molar-refractivity contribution is -0.259. The van der Waals surface area contributed by atoms with Crippen LogP contribution in [0.5, 0.6) is 0 Å². The van der Waals surface area contributed by atoms with Gasteiger partial charge in [0, 0.05) is 5.92 Å². The summed E-state index contributed by atoms with van der Waals surface area (Å²) in [5.41, 5.74) is 5.66. The van der Waals surface area contributed by atoms with Crippen molar-refractivity contribution >= 4 is 5.84 Å². The second kappa shape index (κ2) is 6.39. The molecule has 1 aromatic carbocycles. The first-order chi connectivity index (χ1) is 12.5. The number of nitrogens with two attached hydrogens (primary N) is 1. The lowest BCUT2D eigenvalue weighted by atomic mass is 9.93. The number of fused-ring (bicyclic) bond motifs is 1. The molecule has 136 valence electrons. The van der Waals surface area contributed by atoms with Crippen molar-refractivity contribution < 1.29 is 9.47 Å². The fraction of sp³-hybridized carbons (Fsp3) is 0.550. The van der Waals surface area contributed by atoms with Crippen molar-refractivity contribution in [2.45, 2.75) is 45.4 Å². The third-order valence-corrected chi connectivity index (χ3v) is 5.31. The molecule has 0 saturated heterocycles. The quantitative estimate of drug-likeness (QED) is 0.760. The van der Waals surface area contributed by atoms with Crippen LogP contribution in [-0.2, 0) is 9.47 Å². The molecule has 0 spiro atoms. The first-order valence-corrected chi connectivity index (χ1v) is 9.02. The Hall–Kier alpha value is -2.41. The van der Waals surface area contributed by atoms with E-state index in [-0.39, 0.29) is 5.84 Å². The van der Waals surface area contributed by atoms with Crippen molar-refractivity contribution in [2.24, 2.45) is 21.6 Å². The van der Waals surface area contributed by atoms with E-state index < -0.39 is 22.7 Å². The average Bonchev–Trinajstić information content (AvgIpc) is 3.23. The number of amidine groups is 1. The van der Waals surface area contributed by atoms with Gasteiger partial charge in [0.1, 0.15) is 11.3 Å². The Kier molecular flexibility index (Phi) is 4.52. The highest BCUT2D eigenvalue weighted by molar-refractivity contribution is 6.00. The molecule has 1 saturated carbocycles. The van der Waals surface area contributed by atoms with Crippen LogP contribution in [0.4, 0.5) is 0 Å². The lowest BCUT2D eigenvalue weighted by Gasteiger charge is -2.32. The lowest BCUT2D eigenvalue weighted by Crippen LogP contribution is -2.44. The van der Waals surface area contributed by atoms with E-state index in [2.05, 4.69) is 17.1 Å². The van der Waals surface area contributed by atoms with Crippen LogP contribution < -0.4 is 5.73 Å². The van der Waals surface area contributed by atoms with Gasteiger partial charge in [-0.3, -0.25) is 0 Å². The minimum atomic E-state index is -1.54. The first-order valence-electron chi connectivity index (χ1n) is 9.02. The molecule has 6 heteroatoms. The molecule has 3 unspecified atom stereocenters. The van der Waals surface area contributed by atoms with Crippen LogP contribution in [0, 0.1) is 40.4 Å². The number of hydrogen-bond donors (Lipinski definition) is 1. The van der Waals surface area contributed by atoms with Gasteiger partial charge in [-0.05, 0) is 25.3 Å². The summed E-state index contributed by atoms with van der Waals surface area (Å²) in [6.07, 6.45) is 1.48. The van der Waals surface area contributed by atoms with Crippen molar-refractivity contribution in [2.75, 3.05) is 13.2 Å². The number of benzene rings is 1. The predicted molar refractivity (Wildman–Crippen MR) is 96.9 cm³/mol. The Morgan fingerprint density at radius 2 is 1.81 bits per heavy atom. The van der Waals surface area contributed by atoms with Crippen LogP contribution in [0.15, 0.2) is 29.3 Å². The molecule has 26 heavy (non-hydrogen) atoms. The fourth-order valence-corrected chi connectivity index (χ4v) is 4.19. The molecule has 2 aliphatic rings.